The highest BCUT2D eigenvalue weighted by Crippen LogP contribution is 2.07. The summed E-state index contributed by atoms with van der Waals surface area (Å²) in [6.45, 7) is 1.14. The summed E-state index contributed by atoms with van der Waals surface area (Å²) in [7, 11) is 1.74. The molecule has 3 aromatic heterocycles. The highest BCUT2D eigenvalue weighted by Gasteiger charge is 2.06. The molecule has 0 amide bonds. The van der Waals surface area contributed by atoms with Crippen LogP contribution in [0.5, 0.6) is 0 Å². The normalized spacial score (nSPS) is 11.2. The first kappa shape index (κ1) is 19.8. The number of pyridine rings is 1. The van der Waals surface area contributed by atoms with Crippen LogP contribution in [-0.4, -0.2) is 37.4 Å². The molecule has 3 heterocycles. The van der Waals surface area contributed by atoms with Crippen molar-refractivity contribution in [2.45, 2.75) is 13.1 Å². The zero-order valence-corrected chi connectivity index (χ0v) is 17.7. The molecule has 0 radical (unpaired) electrons. The number of hydrogen-bond acceptors (Lipinski definition) is 4. The van der Waals surface area contributed by atoms with Gasteiger partial charge in [0.15, 0.2) is 17.4 Å². The summed E-state index contributed by atoms with van der Waals surface area (Å²) >= 11 is 0. The monoisotopic (exact) mass is 488 g/mol. The molecule has 0 aliphatic heterocycles. The maximum absolute atomic E-state index is 4.41. The van der Waals surface area contributed by atoms with Crippen molar-refractivity contribution in [3.8, 4) is 5.69 Å². The van der Waals surface area contributed by atoms with E-state index < -0.39 is 0 Å². The number of halogens is 1. The van der Waals surface area contributed by atoms with Crippen LogP contribution in [0, 0.1) is 0 Å². The Bertz CT molecular complexity index is 1050. The zero-order valence-electron chi connectivity index (χ0n) is 15.4. The number of aliphatic imine (C=N–C) groups is 1. The average Bonchev–Trinajstić information content (AvgIpc) is 3.36. The number of fused-ring (bicyclic) bond motifs is 1. The number of benzene rings is 1. The molecule has 0 fully saturated rings. The van der Waals surface area contributed by atoms with E-state index in [0.29, 0.717) is 19.0 Å². The number of aromatic nitrogens is 5. The first-order valence-corrected chi connectivity index (χ1v) is 8.65. The fourth-order valence-electron chi connectivity index (χ4n) is 2.75. The van der Waals surface area contributed by atoms with Crippen molar-refractivity contribution in [2.75, 3.05) is 7.05 Å². The van der Waals surface area contributed by atoms with Crippen molar-refractivity contribution in [2.24, 2.45) is 4.99 Å². The molecule has 2 N–H and O–H groups in total. The molecule has 0 spiro atoms. The lowest BCUT2D eigenvalue weighted by atomic mass is 10.3. The maximum Gasteiger partial charge on any atom is 0.191 e. The Balaban J connectivity index is 0.00000225. The summed E-state index contributed by atoms with van der Waals surface area (Å²) in [6.07, 6.45) is 5.79. The Kier molecular flexibility index (Phi) is 6.58. The van der Waals surface area contributed by atoms with E-state index in [2.05, 4.69) is 30.9 Å². The van der Waals surface area contributed by atoms with Crippen LogP contribution in [0.25, 0.3) is 11.3 Å². The minimum absolute atomic E-state index is 0. The van der Waals surface area contributed by atoms with E-state index in [4.69, 9.17) is 0 Å². The predicted molar refractivity (Wildman–Crippen MR) is 119 cm³/mol. The summed E-state index contributed by atoms with van der Waals surface area (Å²) < 4.78 is 3.81. The Morgan fingerprint density at radius 2 is 1.79 bits per heavy atom. The summed E-state index contributed by atoms with van der Waals surface area (Å²) in [5.41, 5.74) is 2.92. The standard InChI is InChI=1S/C19H20N8.HI/c1-20-19(22-13-18-25-24-17-9-5-6-10-26(17)18)21-11-15-12-23-27(14-15)16-7-3-2-4-8-16;/h2-10,12,14H,11,13H2,1H3,(H2,20,21,22);1H. The van der Waals surface area contributed by atoms with Crippen LogP contribution in [0.4, 0.5) is 0 Å². The van der Waals surface area contributed by atoms with E-state index in [1.54, 1.807) is 7.05 Å². The molecular formula is C19H21IN8. The topological polar surface area (TPSA) is 84.4 Å². The van der Waals surface area contributed by atoms with Gasteiger partial charge in [0.05, 0.1) is 18.4 Å². The van der Waals surface area contributed by atoms with Crippen molar-refractivity contribution >= 4 is 35.6 Å². The van der Waals surface area contributed by atoms with Gasteiger partial charge < -0.3 is 10.6 Å². The molecule has 0 bridgehead atoms. The third kappa shape index (κ3) is 4.47. The van der Waals surface area contributed by atoms with Gasteiger partial charge in [0.25, 0.3) is 0 Å². The molecule has 0 saturated heterocycles. The van der Waals surface area contributed by atoms with Crippen LogP contribution in [0.15, 0.2) is 72.1 Å². The summed E-state index contributed by atoms with van der Waals surface area (Å²) in [4.78, 5) is 4.26. The van der Waals surface area contributed by atoms with Crippen molar-refractivity contribution in [1.29, 1.82) is 0 Å². The maximum atomic E-state index is 4.41. The van der Waals surface area contributed by atoms with Crippen LogP contribution < -0.4 is 10.6 Å². The Morgan fingerprint density at radius 3 is 2.61 bits per heavy atom. The predicted octanol–water partition coefficient (Wildman–Crippen LogP) is 2.40. The summed E-state index contributed by atoms with van der Waals surface area (Å²) in [5, 5.41) is 19.3. The van der Waals surface area contributed by atoms with Crippen LogP contribution in [0.3, 0.4) is 0 Å². The van der Waals surface area contributed by atoms with Crippen molar-refractivity contribution < 1.29 is 0 Å². The van der Waals surface area contributed by atoms with Gasteiger partial charge in [0.1, 0.15) is 0 Å². The first-order valence-electron chi connectivity index (χ1n) is 8.65. The van der Waals surface area contributed by atoms with Crippen LogP contribution in [0.2, 0.25) is 0 Å². The second kappa shape index (κ2) is 9.31. The van der Waals surface area contributed by atoms with E-state index >= 15 is 0 Å². The largest absolute Gasteiger partial charge is 0.352 e. The molecule has 1 aromatic carbocycles. The van der Waals surface area contributed by atoms with E-state index in [1.165, 1.54) is 0 Å². The molecule has 144 valence electrons. The average molecular weight is 488 g/mol. The number of nitrogens with one attached hydrogen (secondary N) is 2. The lowest BCUT2D eigenvalue weighted by Gasteiger charge is -2.10. The van der Waals surface area contributed by atoms with E-state index in [1.807, 2.05) is 76.2 Å². The van der Waals surface area contributed by atoms with Crippen molar-refractivity contribution in [3.63, 3.8) is 0 Å². The van der Waals surface area contributed by atoms with E-state index in [-0.39, 0.29) is 24.0 Å². The summed E-state index contributed by atoms with van der Waals surface area (Å²) in [6, 6.07) is 15.8. The molecule has 0 unspecified atom stereocenters. The van der Waals surface area contributed by atoms with Gasteiger partial charge >= 0.3 is 0 Å². The zero-order chi connectivity index (χ0) is 18.5. The molecule has 9 heteroatoms. The van der Waals surface area contributed by atoms with Gasteiger partial charge in [-0.2, -0.15) is 5.10 Å². The molecule has 4 aromatic rings. The first-order chi connectivity index (χ1) is 13.3. The number of rotatable bonds is 5. The van der Waals surface area contributed by atoms with Gasteiger partial charge in [-0.1, -0.05) is 24.3 Å². The molecule has 0 aliphatic rings. The van der Waals surface area contributed by atoms with Crippen molar-refractivity contribution in [3.05, 3.63) is 78.5 Å². The van der Waals surface area contributed by atoms with Gasteiger partial charge in [-0.25, -0.2) is 4.68 Å². The van der Waals surface area contributed by atoms with E-state index in [9.17, 15) is 0 Å². The van der Waals surface area contributed by atoms with Gasteiger partial charge in [0.2, 0.25) is 0 Å². The van der Waals surface area contributed by atoms with Crippen LogP contribution in [-0.2, 0) is 13.1 Å². The quantitative estimate of drug-likeness (QED) is 0.256. The molecule has 0 atom stereocenters. The second-order valence-corrected chi connectivity index (χ2v) is 5.95. The van der Waals surface area contributed by atoms with Crippen molar-refractivity contribution in [1.82, 2.24) is 35.0 Å². The Morgan fingerprint density at radius 1 is 1.00 bits per heavy atom. The third-order valence-electron chi connectivity index (χ3n) is 4.14. The Hall–Kier alpha value is -2.95. The molecule has 28 heavy (non-hydrogen) atoms. The fraction of sp³-hybridized carbons (Fsp3) is 0.158. The highest BCUT2D eigenvalue weighted by molar-refractivity contribution is 14.0. The number of para-hydroxylation sites is 1. The van der Waals surface area contributed by atoms with Gasteiger partial charge in [-0.05, 0) is 24.3 Å². The van der Waals surface area contributed by atoms with Gasteiger partial charge in [-0.3, -0.25) is 9.39 Å². The SMILES string of the molecule is CN=C(NCc1cnn(-c2ccccc2)c1)NCc1nnc2ccccn12.I. The minimum atomic E-state index is 0. The molecule has 8 nitrogen and oxygen atoms in total. The number of guanidine groups is 1. The summed E-state index contributed by atoms with van der Waals surface area (Å²) in [5.74, 6) is 1.51. The minimum Gasteiger partial charge on any atom is -0.352 e. The van der Waals surface area contributed by atoms with E-state index in [0.717, 1.165) is 22.7 Å². The fourth-order valence-corrected chi connectivity index (χ4v) is 2.75. The van der Waals surface area contributed by atoms with Crippen LogP contribution in [0.1, 0.15) is 11.4 Å². The lowest BCUT2D eigenvalue weighted by Crippen LogP contribution is -2.36. The molecule has 0 aliphatic carbocycles. The third-order valence-corrected chi connectivity index (χ3v) is 4.14. The molecular weight excluding hydrogens is 467 g/mol. The molecule has 0 saturated carbocycles. The smallest absolute Gasteiger partial charge is 0.191 e. The second-order valence-electron chi connectivity index (χ2n) is 5.95. The lowest BCUT2D eigenvalue weighted by molar-refractivity contribution is 0.762. The Labute approximate surface area is 179 Å². The number of hydrogen-bond donors (Lipinski definition) is 2. The molecule has 4 rings (SSSR count). The van der Waals surface area contributed by atoms with Crippen LogP contribution >= 0.6 is 24.0 Å². The number of nitrogens with zero attached hydrogens (tertiary/aromatic N) is 6. The van der Waals surface area contributed by atoms with Gasteiger partial charge in [-0.15, -0.1) is 34.2 Å². The van der Waals surface area contributed by atoms with Gasteiger partial charge in [0, 0.05) is 31.5 Å². The highest BCUT2D eigenvalue weighted by atomic mass is 127.